The molecule has 5 nitrogen and oxygen atoms in total. The zero-order valence-corrected chi connectivity index (χ0v) is 12.8. The van der Waals surface area contributed by atoms with E-state index in [2.05, 4.69) is 42.2 Å². The Morgan fingerprint density at radius 3 is 2.35 bits per heavy atom. The lowest BCUT2D eigenvalue weighted by molar-refractivity contribution is -0.941. The maximum atomic E-state index is 11.8. The van der Waals surface area contributed by atoms with Crippen LogP contribution in [0.5, 0.6) is 0 Å². The van der Waals surface area contributed by atoms with Crippen molar-refractivity contribution < 1.29 is 9.64 Å². The quantitative estimate of drug-likeness (QED) is 0.530. The fraction of sp³-hybridized carbons (Fsp3) is 0.400. The molecular formula is C10H11Br2N4O+. The van der Waals surface area contributed by atoms with Gasteiger partial charge in [-0.05, 0) is 37.9 Å². The van der Waals surface area contributed by atoms with Crippen LogP contribution in [0.1, 0.15) is 20.8 Å². The van der Waals surface area contributed by atoms with Crippen molar-refractivity contribution in [1.29, 1.82) is 0 Å². The predicted molar refractivity (Wildman–Crippen MR) is 69.1 cm³/mol. The van der Waals surface area contributed by atoms with E-state index >= 15 is 0 Å². The molecule has 0 fully saturated rings. The number of benzene rings is 1. The Hall–Kier alpha value is -0.820. The van der Waals surface area contributed by atoms with Gasteiger partial charge in [0.05, 0.1) is 4.80 Å². The summed E-state index contributed by atoms with van der Waals surface area (Å²) in [7, 11) is 0. The van der Waals surface area contributed by atoms with Gasteiger partial charge in [-0.1, -0.05) is 0 Å². The minimum atomic E-state index is -0.333. The summed E-state index contributed by atoms with van der Waals surface area (Å²) in [4.78, 5) is 2.01. The van der Waals surface area contributed by atoms with Crippen molar-refractivity contribution in [3.05, 3.63) is 26.3 Å². The summed E-state index contributed by atoms with van der Waals surface area (Å²) in [6.45, 7) is 5.81. The lowest BCUT2D eigenvalue weighted by Crippen LogP contribution is -2.62. The van der Waals surface area contributed by atoms with Gasteiger partial charge in [0, 0.05) is 45.7 Å². The van der Waals surface area contributed by atoms with Gasteiger partial charge in [-0.15, -0.1) is 0 Å². The average Bonchev–Trinajstić information content (AvgIpc) is 2.19. The molecule has 1 aromatic carbocycles. The Labute approximate surface area is 115 Å². The summed E-state index contributed by atoms with van der Waals surface area (Å²) in [5.74, 6) is 0. The van der Waals surface area contributed by atoms with Gasteiger partial charge in [0.2, 0.25) is 11.1 Å². The Bertz CT molecular complexity index is 595. The van der Waals surface area contributed by atoms with E-state index in [-0.39, 0.29) is 5.54 Å². The van der Waals surface area contributed by atoms with E-state index in [1.807, 2.05) is 20.8 Å². The molecule has 0 bridgehead atoms. The van der Waals surface area contributed by atoms with Crippen LogP contribution in [0, 0.1) is 5.21 Å². The molecule has 0 aliphatic heterocycles. The summed E-state index contributed by atoms with van der Waals surface area (Å²) in [6, 6.07) is 3.48. The molecule has 1 aromatic heterocycles. The van der Waals surface area contributed by atoms with Crippen LogP contribution in [0.3, 0.4) is 0 Å². The highest BCUT2D eigenvalue weighted by atomic mass is 79.9. The zero-order valence-electron chi connectivity index (χ0n) is 9.61. The average molecular weight is 363 g/mol. The second kappa shape index (κ2) is 4.13. The predicted octanol–water partition coefficient (Wildman–Crippen LogP) is 1.83. The Morgan fingerprint density at radius 2 is 1.76 bits per heavy atom. The van der Waals surface area contributed by atoms with E-state index in [4.69, 9.17) is 0 Å². The molecule has 7 heteroatoms. The topological polar surface area (TPSA) is 56.6 Å². The highest BCUT2D eigenvalue weighted by Gasteiger charge is 2.31. The van der Waals surface area contributed by atoms with Crippen LogP contribution in [0.4, 0.5) is 0 Å². The normalized spacial score (nSPS) is 12.1. The van der Waals surface area contributed by atoms with E-state index in [1.54, 1.807) is 12.1 Å². The standard InChI is InChI=1S/C10H11Br2N4O/c1-10(2,3)16-13-8-4-6(11)7(12)5-9(8)15(17)14-16/h4-5H,1-3H3/q+1. The highest BCUT2D eigenvalue weighted by molar-refractivity contribution is 9.13. The Morgan fingerprint density at radius 1 is 1.18 bits per heavy atom. The van der Waals surface area contributed by atoms with Gasteiger partial charge in [0.15, 0.2) is 0 Å². The largest absolute Gasteiger partial charge is 0.590 e. The van der Waals surface area contributed by atoms with E-state index < -0.39 is 0 Å². The van der Waals surface area contributed by atoms with Gasteiger partial charge >= 0.3 is 5.21 Å². The SMILES string of the molecule is CC(C)(C)[n+]1nc2cc(Br)c(Br)cc2[n+]([O-])n1. The summed E-state index contributed by atoms with van der Waals surface area (Å²) in [5.41, 5.74) is 0.695. The molecule has 0 aliphatic rings. The van der Waals surface area contributed by atoms with Gasteiger partial charge in [0.1, 0.15) is 0 Å². The molecule has 0 saturated carbocycles. The molecule has 0 aliphatic carbocycles. The Balaban J connectivity index is 2.78. The van der Waals surface area contributed by atoms with Crippen LogP contribution >= 0.6 is 31.9 Å². The molecule has 0 N–H and O–H groups in total. The molecular weight excluding hydrogens is 352 g/mol. The van der Waals surface area contributed by atoms with E-state index in [0.29, 0.717) is 15.9 Å². The third kappa shape index (κ3) is 2.40. The van der Waals surface area contributed by atoms with Crippen LogP contribution in [-0.4, -0.2) is 10.3 Å². The summed E-state index contributed by atoms with van der Waals surface area (Å²) >= 11 is 6.74. The molecule has 1 heterocycles. The minimum absolute atomic E-state index is 0.333. The molecule has 0 spiro atoms. The molecule has 0 unspecified atom stereocenters. The van der Waals surface area contributed by atoms with Crippen LogP contribution in [-0.2, 0) is 5.54 Å². The van der Waals surface area contributed by atoms with Crippen LogP contribution in [0.25, 0.3) is 11.0 Å². The van der Waals surface area contributed by atoms with Crippen molar-refractivity contribution in [2.45, 2.75) is 26.3 Å². The van der Waals surface area contributed by atoms with Crippen LogP contribution < -0.4 is 9.64 Å². The van der Waals surface area contributed by atoms with Crippen molar-refractivity contribution in [1.82, 2.24) is 10.3 Å². The number of aromatic nitrogens is 4. The lowest BCUT2D eigenvalue weighted by Gasteiger charge is -2.06. The first-order valence-electron chi connectivity index (χ1n) is 4.99. The summed E-state index contributed by atoms with van der Waals surface area (Å²) in [5, 5.41) is 20.0. The van der Waals surface area contributed by atoms with Gasteiger partial charge in [-0.25, -0.2) is 0 Å². The van der Waals surface area contributed by atoms with E-state index in [0.717, 1.165) is 8.95 Å². The molecule has 17 heavy (non-hydrogen) atoms. The van der Waals surface area contributed by atoms with Gasteiger partial charge in [-0.2, -0.15) is 0 Å². The first-order chi connectivity index (χ1) is 7.79. The van der Waals surface area contributed by atoms with Crippen molar-refractivity contribution >= 4 is 42.9 Å². The molecule has 2 rings (SSSR count). The van der Waals surface area contributed by atoms with Crippen molar-refractivity contribution in [3.63, 3.8) is 0 Å². The van der Waals surface area contributed by atoms with Crippen molar-refractivity contribution in [2.24, 2.45) is 0 Å². The minimum Gasteiger partial charge on any atom is -0.590 e. The summed E-state index contributed by atoms with van der Waals surface area (Å²) in [6.07, 6.45) is 0. The van der Waals surface area contributed by atoms with Gasteiger partial charge in [0.25, 0.3) is 5.52 Å². The number of hydrogen-bond donors (Lipinski definition) is 0. The van der Waals surface area contributed by atoms with Gasteiger partial charge < -0.3 is 5.21 Å². The van der Waals surface area contributed by atoms with E-state index in [1.165, 1.54) is 4.80 Å². The second-order valence-electron chi connectivity index (χ2n) is 4.68. The van der Waals surface area contributed by atoms with Gasteiger partial charge in [-0.3, -0.25) is 0 Å². The summed E-state index contributed by atoms with van der Waals surface area (Å²) < 4.78 is 1.65. The second-order valence-corrected chi connectivity index (χ2v) is 6.39. The number of fused-ring (bicyclic) bond motifs is 1. The van der Waals surface area contributed by atoms with Crippen LogP contribution in [0.2, 0.25) is 0 Å². The Kier molecular flexibility index (Phi) is 3.07. The van der Waals surface area contributed by atoms with Crippen molar-refractivity contribution in [3.8, 4) is 0 Å². The fourth-order valence-electron chi connectivity index (χ4n) is 1.29. The number of halogens is 2. The van der Waals surface area contributed by atoms with E-state index in [9.17, 15) is 5.21 Å². The third-order valence-electron chi connectivity index (χ3n) is 2.19. The molecule has 0 radical (unpaired) electrons. The number of hydrogen-bond acceptors (Lipinski definition) is 3. The highest BCUT2D eigenvalue weighted by Crippen LogP contribution is 2.25. The monoisotopic (exact) mass is 361 g/mol. The first kappa shape index (κ1) is 12.6. The number of rotatable bonds is 0. The molecule has 0 saturated heterocycles. The lowest BCUT2D eigenvalue weighted by atomic mass is 10.1. The molecule has 0 atom stereocenters. The molecule has 90 valence electrons. The number of nitrogens with zero attached hydrogens (tertiary/aromatic N) is 4. The first-order valence-corrected chi connectivity index (χ1v) is 6.57. The zero-order chi connectivity index (χ0) is 12.8. The maximum Gasteiger partial charge on any atom is 0.312 e. The molecule has 2 aromatic rings. The molecule has 0 amide bonds. The van der Waals surface area contributed by atoms with Crippen LogP contribution in [0.15, 0.2) is 21.1 Å². The maximum absolute atomic E-state index is 11.8. The smallest absolute Gasteiger partial charge is 0.312 e. The fourth-order valence-corrected chi connectivity index (χ4v) is 1.95. The third-order valence-corrected chi connectivity index (χ3v) is 4.04. The van der Waals surface area contributed by atoms with Crippen molar-refractivity contribution in [2.75, 3.05) is 0 Å².